The smallest absolute Gasteiger partial charge is 0.188 e. The molecule has 0 spiro atoms. The van der Waals surface area contributed by atoms with E-state index in [2.05, 4.69) is 15.5 Å². The first kappa shape index (κ1) is 16.5. The van der Waals surface area contributed by atoms with E-state index in [4.69, 9.17) is 11.6 Å². The maximum Gasteiger partial charge on any atom is 0.188 e. The summed E-state index contributed by atoms with van der Waals surface area (Å²) >= 11 is 6.14. The van der Waals surface area contributed by atoms with Crippen LogP contribution in [0.5, 0.6) is 0 Å². The fraction of sp³-hybridized carbons (Fsp3) is 0.0714. The number of aromatic nitrogens is 4. The zero-order valence-electron chi connectivity index (χ0n) is 12.1. The van der Waals surface area contributed by atoms with Gasteiger partial charge in [-0.15, -0.1) is 5.10 Å². The van der Waals surface area contributed by atoms with Crippen molar-refractivity contribution in [3.63, 3.8) is 0 Å². The molecule has 0 saturated heterocycles. The van der Waals surface area contributed by atoms with Gasteiger partial charge in [0.15, 0.2) is 27.3 Å². The van der Waals surface area contributed by atoms with Crippen molar-refractivity contribution in [3.8, 4) is 17.1 Å². The number of hydrogen-bond donors (Lipinski definition) is 0. The van der Waals surface area contributed by atoms with Crippen molar-refractivity contribution in [3.05, 3.63) is 53.1 Å². The lowest BCUT2D eigenvalue weighted by atomic mass is 10.2. The first-order chi connectivity index (χ1) is 11.3. The van der Waals surface area contributed by atoms with Gasteiger partial charge in [0, 0.05) is 17.9 Å². The predicted molar refractivity (Wildman–Crippen MR) is 82.6 cm³/mol. The lowest BCUT2D eigenvalue weighted by molar-refractivity contribution is 0.507. The fourth-order valence-electron chi connectivity index (χ4n) is 2.05. The SMILES string of the molecule is CS(=O)(=O)c1ccc(-c2nnnn2-c2ccc(F)c(F)c2)c(Cl)c1. The summed E-state index contributed by atoms with van der Waals surface area (Å²) in [6, 6.07) is 7.27. The lowest BCUT2D eigenvalue weighted by Crippen LogP contribution is -2.02. The minimum absolute atomic E-state index is 0.0445. The summed E-state index contributed by atoms with van der Waals surface area (Å²) in [4.78, 5) is 0.0445. The van der Waals surface area contributed by atoms with Crippen LogP contribution in [0.3, 0.4) is 0 Å². The first-order valence-electron chi connectivity index (χ1n) is 6.51. The van der Waals surface area contributed by atoms with Crippen LogP contribution in [0.1, 0.15) is 0 Å². The van der Waals surface area contributed by atoms with Crippen LogP contribution in [0.25, 0.3) is 17.1 Å². The number of halogens is 3. The normalized spacial score (nSPS) is 11.7. The number of tetrazole rings is 1. The zero-order chi connectivity index (χ0) is 17.5. The highest BCUT2D eigenvalue weighted by Crippen LogP contribution is 2.29. The lowest BCUT2D eigenvalue weighted by Gasteiger charge is -2.08. The van der Waals surface area contributed by atoms with E-state index >= 15 is 0 Å². The Balaban J connectivity index is 2.12. The van der Waals surface area contributed by atoms with Crippen molar-refractivity contribution < 1.29 is 17.2 Å². The second-order valence-corrected chi connectivity index (χ2v) is 7.35. The van der Waals surface area contributed by atoms with Gasteiger partial charge in [-0.3, -0.25) is 0 Å². The highest BCUT2D eigenvalue weighted by molar-refractivity contribution is 7.90. The van der Waals surface area contributed by atoms with E-state index in [1.54, 1.807) is 0 Å². The molecule has 0 saturated carbocycles. The molecule has 0 N–H and O–H groups in total. The van der Waals surface area contributed by atoms with Gasteiger partial charge in [0.2, 0.25) is 0 Å². The summed E-state index contributed by atoms with van der Waals surface area (Å²) in [5, 5.41) is 11.2. The number of benzene rings is 2. The Morgan fingerprint density at radius 3 is 2.46 bits per heavy atom. The van der Waals surface area contributed by atoms with Gasteiger partial charge in [0.05, 0.1) is 15.6 Å². The molecule has 24 heavy (non-hydrogen) atoms. The average Bonchev–Trinajstić information content (AvgIpc) is 2.98. The standard InChI is InChI=1S/C14H9ClF2N4O2S/c1-24(22,23)9-3-4-10(11(15)7-9)14-18-19-20-21(14)8-2-5-12(16)13(17)6-8/h2-7H,1H3. The molecule has 0 aliphatic carbocycles. The molecule has 3 aromatic rings. The third-order valence-electron chi connectivity index (χ3n) is 3.23. The Morgan fingerprint density at radius 2 is 1.83 bits per heavy atom. The van der Waals surface area contributed by atoms with E-state index in [0.717, 1.165) is 18.4 Å². The monoisotopic (exact) mass is 370 g/mol. The van der Waals surface area contributed by atoms with Crippen molar-refractivity contribution in [1.82, 2.24) is 20.2 Å². The van der Waals surface area contributed by atoms with Crippen LogP contribution in [0, 0.1) is 11.6 Å². The Labute approximate surface area is 140 Å². The minimum Gasteiger partial charge on any atom is -0.224 e. The molecule has 0 aliphatic rings. The molecule has 10 heteroatoms. The molecule has 3 rings (SSSR count). The summed E-state index contributed by atoms with van der Waals surface area (Å²) in [6.07, 6.45) is 1.06. The van der Waals surface area contributed by atoms with Gasteiger partial charge in [-0.05, 0) is 40.8 Å². The fourth-order valence-corrected chi connectivity index (χ4v) is 3.03. The number of rotatable bonds is 3. The zero-order valence-corrected chi connectivity index (χ0v) is 13.7. The van der Waals surface area contributed by atoms with E-state index in [0.29, 0.717) is 5.56 Å². The summed E-state index contributed by atoms with van der Waals surface area (Å²) in [5.41, 5.74) is 0.538. The average molecular weight is 371 g/mol. The molecule has 0 aliphatic heterocycles. The van der Waals surface area contributed by atoms with Gasteiger partial charge in [0.1, 0.15) is 0 Å². The molecular formula is C14H9ClF2N4O2S. The molecule has 1 aromatic heterocycles. The van der Waals surface area contributed by atoms with Gasteiger partial charge in [-0.25, -0.2) is 17.2 Å². The van der Waals surface area contributed by atoms with Gasteiger partial charge in [-0.1, -0.05) is 11.6 Å². The molecule has 0 fully saturated rings. The molecule has 124 valence electrons. The highest BCUT2D eigenvalue weighted by Gasteiger charge is 2.17. The molecule has 6 nitrogen and oxygen atoms in total. The van der Waals surface area contributed by atoms with Crippen molar-refractivity contribution in [1.29, 1.82) is 0 Å². The Morgan fingerprint density at radius 1 is 1.08 bits per heavy atom. The van der Waals surface area contributed by atoms with Crippen molar-refractivity contribution in [2.75, 3.05) is 6.26 Å². The number of nitrogens with zero attached hydrogens (tertiary/aromatic N) is 4. The van der Waals surface area contributed by atoms with E-state index in [-0.39, 0.29) is 21.4 Å². The van der Waals surface area contributed by atoms with Crippen molar-refractivity contribution in [2.24, 2.45) is 0 Å². The summed E-state index contributed by atoms with van der Waals surface area (Å²) in [5.74, 6) is -1.89. The minimum atomic E-state index is -3.42. The van der Waals surface area contributed by atoms with Gasteiger partial charge in [-0.2, -0.15) is 4.68 Å². The van der Waals surface area contributed by atoms with Crippen LogP contribution in [-0.2, 0) is 9.84 Å². The third kappa shape index (κ3) is 3.00. The number of sulfone groups is 1. The molecule has 0 atom stereocenters. The summed E-state index contributed by atoms with van der Waals surface area (Å²) < 4.78 is 50.8. The molecule has 0 unspecified atom stereocenters. The maximum absolute atomic E-state index is 13.4. The second kappa shape index (κ2) is 5.91. The molecule has 0 bridgehead atoms. The third-order valence-corrected chi connectivity index (χ3v) is 4.65. The Kier molecular flexibility index (Phi) is 4.06. The topological polar surface area (TPSA) is 77.7 Å². The van der Waals surface area contributed by atoms with Crippen LogP contribution in [0.2, 0.25) is 5.02 Å². The largest absolute Gasteiger partial charge is 0.224 e. The first-order valence-corrected chi connectivity index (χ1v) is 8.78. The highest BCUT2D eigenvalue weighted by atomic mass is 35.5. The van der Waals surface area contributed by atoms with Crippen molar-refractivity contribution in [2.45, 2.75) is 4.90 Å². The molecule has 1 heterocycles. The van der Waals surface area contributed by atoms with Crippen LogP contribution < -0.4 is 0 Å². The van der Waals surface area contributed by atoms with E-state index < -0.39 is 21.5 Å². The van der Waals surface area contributed by atoms with Gasteiger partial charge < -0.3 is 0 Å². The van der Waals surface area contributed by atoms with Crippen LogP contribution >= 0.6 is 11.6 Å². The summed E-state index contributed by atoms with van der Waals surface area (Å²) in [6.45, 7) is 0. The maximum atomic E-state index is 13.4. The molecular weight excluding hydrogens is 362 g/mol. The van der Waals surface area contributed by atoms with Crippen molar-refractivity contribution >= 4 is 21.4 Å². The van der Waals surface area contributed by atoms with E-state index in [1.807, 2.05) is 0 Å². The van der Waals surface area contributed by atoms with E-state index in [9.17, 15) is 17.2 Å². The quantitative estimate of drug-likeness (QED) is 0.708. The molecule has 2 aromatic carbocycles. The van der Waals surface area contributed by atoms with Gasteiger partial charge in [0.25, 0.3) is 0 Å². The molecule has 0 amide bonds. The van der Waals surface area contributed by atoms with Crippen LogP contribution in [0.15, 0.2) is 41.3 Å². The van der Waals surface area contributed by atoms with Crippen LogP contribution in [0.4, 0.5) is 8.78 Å². The second-order valence-electron chi connectivity index (χ2n) is 4.93. The predicted octanol–water partition coefficient (Wildman–Crippen LogP) is 2.66. The van der Waals surface area contributed by atoms with Crippen LogP contribution in [-0.4, -0.2) is 34.9 Å². The summed E-state index contributed by atoms with van der Waals surface area (Å²) in [7, 11) is -3.42. The van der Waals surface area contributed by atoms with Gasteiger partial charge >= 0.3 is 0 Å². The Hall–Kier alpha value is -2.39. The number of hydrogen-bond acceptors (Lipinski definition) is 5. The Bertz CT molecular complexity index is 1040. The van der Waals surface area contributed by atoms with E-state index in [1.165, 1.54) is 28.9 Å². The molecule has 0 radical (unpaired) electrons.